The Balaban J connectivity index is 1.69. The van der Waals surface area contributed by atoms with Crippen LogP contribution in [0.25, 0.3) is 11.1 Å². The number of hydrogen-bond acceptors (Lipinski definition) is 2. The quantitative estimate of drug-likeness (QED) is 0.688. The third-order valence-electron chi connectivity index (χ3n) is 4.31. The molecule has 1 atom stereocenters. The highest BCUT2D eigenvalue weighted by atomic mass is 16.2. The minimum Gasteiger partial charge on any atom is -0.346 e. The van der Waals surface area contributed by atoms with Crippen molar-refractivity contribution in [3.63, 3.8) is 0 Å². The van der Waals surface area contributed by atoms with Crippen LogP contribution < -0.4 is 10.6 Å². The summed E-state index contributed by atoms with van der Waals surface area (Å²) < 4.78 is 0. The Morgan fingerprint density at radius 1 is 0.815 bits per heavy atom. The summed E-state index contributed by atoms with van der Waals surface area (Å²) in [4.78, 5) is 23.7. The van der Waals surface area contributed by atoms with Crippen LogP contribution in [0.15, 0.2) is 78.9 Å². The zero-order valence-electron chi connectivity index (χ0n) is 15.4. The van der Waals surface area contributed by atoms with Gasteiger partial charge < -0.3 is 10.6 Å². The Morgan fingerprint density at radius 2 is 1.48 bits per heavy atom. The highest BCUT2D eigenvalue weighted by molar-refractivity contribution is 5.97. The van der Waals surface area contributed by atoms with E-state index in [-0.39, 0.29) is 17.9 Å². The van der Waals surface area contributed by atoms with Crippen LogP contribution in [-0.4, -0.2) is 11.8 Å². The summed E-state index contributed by atoms with van der Waals surface area (Å²) in [5, 5.41) is 5.69. The van der Waals surface area contributed by atoms with E-state index in [2.05, 4.69) is 34.9 Å². The summed E-state index contributed by atoms with van der Waals surface area (Å²) in [5.41, 5.74) is 4.45. The van der Waals surface area contributed by atoms with Gasteiger partial charge in [0.15, 0.2) is 0 Å². The summed E-state index contributed by atoms with van der Waals surface area (Å²) in [6, 6.07) is 25.1. The van der Waals surface area contributed by atoms with Crippen molar-refractivity contribution in [3.05, 3.63) is 90.0 Å². The minimum absolute atomic E-state index is 0.133. The Labute approximate surface area is 159 Å². The van der Waals surface area contributed by atoms with Gasteiger partial charge in [-0.15, -0.1) is 0 Å². The third-order valence-corrected chi connectivity index (χ3v) is 4.31. The molecular weight excluding hydrogens is 336 g/mol. The highest BCUT2D eigenvalue weighted by Gasteiger charge is 2.12. The maximum Gasteiger partial charge on any atom is 0.251 e. The fourth-order valence-electron chi connectivity index (χ4n) is 2.90. The van der Waals surface area contributed by atoms with E-state index in [4.69, 9.17) is 0 Å². The molecule has 27 heavy (non-hydrogen) atoms. The predicted octanol–water partition coefficient (Wildman–Crippen LogP) is 4.80. The molecule has 0 aliphatic heterocycles. The van der Waals surface area contributed by atoms with Crippen molar-refractivity contribution in [2.75, 3.05) is 5.32 Å². The van der Waals surface area contributed by atoms with Crippen LogP contribution in [0.3, 0.4) is 0 Å². The largest absolute Gasteiger partial charge is 0.346 e. The first-order valence-corrected chi connectivity index (χ1v) is 8.87. The first kappa shape index (κ1) is 18.4. The Bertz CT molecular complexity index is 934. The molecule has 4 heteroatoms. The van der Waals surface area contributed by atoms with E-state index in [9.17, 15) is 9.59 Å². The molecule has 0 aliphatic rings. The maximum absolute atomic E-state index is 12.5. The molecule has 0 fully saturated rings. The van der Waals surface area contributed by atoms with Gasteiger partial charge in [0.1, 0.15) is 0 Å². The van der Waals surface area contributed by atoms with Gasteiger partial charge in [-0.25, -0.2) is 0 Å². The van der Waals surface area contributed by atoms with E-state index >= 15 is 0 Å². The van der Waals surface area contributed by atoms with Gasteiger partial charge in [-0.2, -0.15) is 0 Å². The average molecular weight is 358 g/mol. The van der Waals surface area contributed by atoms with E-state index in [0.29, 0.717) is 11.3 Å². The molecule has 136 valence electrons. The fraction of sp³-hybridized carbons (Fsp3) is 0.130. The number of hydrogen-bond donors (Lipinski definition) is 2. The number of carbonyl (C=O) groups excluding carboxylic acids is 2. The van der Waals surface area contributed by atoms with Gasteiger partial charge in [0.2, 0.25) is 5.91 Å². The molecule has 0 radical (unpaired) electrons. The van der Waals surface area contributed by atoms with Crippen LogP contribution in [-0.2, 0) is 4.79 Å². The van der Waals surface area contributed by atoms with Gasteiger partial charge in [0, 0.05) is 18.2 Å². The lowest BCUT2D eigenvalue weighted by Crippen LogP contribution is -2.26. The van der Waals surface area contributed by atoms with Gasteiger partial charge in [-0.05, 0) is 41.8 Å². The number of nitrogens with one attached hydrogen (secondary N) is 2. The highest BCUT2D eigenvalue weighted by Crippen LogP contribution is 2.22. The molecular formula is C23H22N2O2. The maximum atomic E-state index is 12.5. The van der Waals surface area contributed by atoms with Gasteiger partial charge in [-0.3, -0.25) is 9.59 Å². The SMILES string of the molecule is CC(=O)Nc1cccc(C(=O)NC(C)c2ccc(-c3ccccc3)cc2)c1. The van der Waals surface area contributed by atoms with Crippen LogP contribution >= 0.6 is 0 Å². The lowest BCUT2D eigenvalue weighted by atomic mass is 10.0. The van der Waals surface area contributed by atoms with E-state index in [1.54, 1.807) is 24.3 Å². The van der Waals surface area contributed by atoms with Crippen LogP contribution in [0.5, 0.6) is 0 Å². The van der Waals surface area contributed by atoms with Crippen molar-refractivity contribution in [1.82, 2.24) is 5.32 Å². The van der Waals surface area contributed by atoms with Gasteiger partial charge in [0.25, 0.3) is 5.91 Å². The lowest BCUT2D eigenvalue weighted by molar-refractivity contribution is -0.114. The second-order valence-corrected chi connectivity index (χ2v) is 6.45. The number of carbonyl (C=O) groups is 2. The first-order chi connectivity index (χ1) is 13.0. The number of rotatable bonds is 5. The smallest absolute Gasteiger partial charge is 0.251 e. The first-order valence-electron chi connectivity index (χ1n) is 8.87. The molecule has 0 saturated carbocycles. The van der Waals surface area contributed by atoms with E-state index < -0.39 is 0 Å². The molecule has 3 rings (SSSR count). The second-order valence-electron chi connectivity index (χ2n) is 6.45. The standard InChI is InChI=1S/C23H22N2O2/c1-16(18-11-13-20(14-12-18)19-7-4-3-5-8-19)24-23(27)21-9-6-10-22(15-21)25-17(2)26/h3-16H,1-2H3,(H,24,27)(H,25,26). The molecule has 0 bridgehead atoms. The van der Waals surface area contributed by atoms with Crippen LogP contribution in [0, 0.1) is 0 Å². The lowest BCUT2D eigenvalue weighted by Gasteiger charge is -2.15. The van der Waals surface area contributed by atoms with Crippen LogP contribution in [0.4, 0.5) is 5.69 Å². The van der Waals surface area contributed by atoms with Crippen molar-refractivity contribution in [1.29, 1.82) is 0 Å². The molecule has 0 aromatic heterocycles. The number of benzene rings is 3. The summed E-state index contributed by atoms with van der Waals surface area (Å²) in [7, 11) is 0. The minimum atomic E-state index is -0.179. The van der Waals surface area contributed by atoms with Gasteiger partial charge in [0.05, 0.1) is 6.04 Å². The molecule has 0 aliphatic carbocycles. The molecule has 3 aromatic rings. The number of amides is 2. The van der Waals surface area contributed by atoms with Crippen molar-refractivity contribution in [2.24, 2.45) is 0 Å². The Morgan fingerprint density at radius 3 is 2.15 bits per heavy atom. The van der Waals surface area contributed by atoms with Gasteiger partial charge in [-0.1, -0.05) is 60.7 Å². The Kier molecular flexibility index (Phi) is 5.67. The zero-order valence-corrected chi connectivity index (χ0v) is 15.4. The fourth-order valence-corrected chi connectivity index (χ4v) is 2.90. The summed E-state index contributed by atoms with van der Waals surface area (Å²) in [6.45, 7) is 3.39. The van der Waals surface area contributed by atoms with Crippen LogP contribution in [0.1, 0.15) is 35.8 Å². The second kappa shape index (κ2) is 8.32. The average Bonchev–Trinajstić information content (AvgIpc) is 2.68. The van der Waals surface area contributed by atoms with Gasteiger partial charge >= 0.3 is 0 Å². The predicted molar refractivity (Wildman–Crippen MR) is 109 cm³/mol. The van der Waals surface area contributed by atoms with E-state index in [0.717, 1.165) is 16.7 Å². The topological polar surface area (TPSA) is 58.2 Å². The van der Waals surface area contributed by atoms with E-state index in [1.165, 1.54) is 6.92 Å². The van der Waals surface area contributed by atoms with Crippen molar-refractivity contribution < 1.29 is 9.59 Å². The monoisotopic (exact) mass is 358 g/mol. The number of anilines is 1. The molecule has 1 unspecified atom stereocenters. The van der Waals surface area contributed by atoms with Crippen molar-refractivity contribution >= 4 is 17.5 Å². The Hall–Kier alpha value is -3.40. The van der Waals surface area contributed by atoms with Crippen molar-refractivity contribution in [2.45, 2.75) is 19.9 Å². The van der Waals surface area contributed by atoms with E-state index in [1.807, 2.05) is 37.3 Å². The van der Waals surface area contributed by atoms with Crippen LogP contribution in [0.2, 0.25) is 0 Å². The summed E-state index contributed by atoms with van der Waals surface area (Å²) >= 11 is 0. The third kappa shape index (κ3) is 4.82. The molecule has 2 N–H and O–H groups in total. The normalized spacial score (nSPS) is 11.5. The molecule has 0 heterocycles. The summed E-state index contributed by atoms with van der Waals surface area (Å²) in [5.74, 6) is -0.346. The van der Waals surface area contributed by atoms with Crippen molar-refractivity contribution in [3.8, 4) is 11.1 Å². The molecule has 3 aromatic carbocycles. The zero-order chi connectivity index (χ0) is 19.2. The molecule has 0 saturated heterocycles. The summed E-state index contributed by atoms with van der Waals surface area (Å²) in [6.07, 6.45) is 0. The molecule has 4 nitrogen and oxygen atoms in total. The molecule has 0 spiro atoms. The molecule has 2 amide bonds.